The van der Waals surface area contributed by atoms with Crippen molar-refractivity contribution in [2.75, 3.05) is 5.32 Å². The van der Waals surface area contributed by atoms with Gasteiger partial charge in [0.15, 0.2) is 0 Å². The average Bonchev–Trinajstić information content (AvgIpc) is 2.15. The number of alkyl halides is 3. The number of nitrogens with one attached hydrogen (secondary N) is 1. The van der Waals surface area contributed by atoms with Gasteiger partial charge in [0, 0.05) is 6.07 Å². The first-order chi connectivity index (χ1) is 7.71. The fourth-order valence-corrected chi connectivity index (χ4v) is 0.993. The minimum atomic E-state index is -5.17. The third-order valence-corrected chi connectivity index (χ3v) is 1.74. The maximum Gasteiger partial charge on any atom is 0.471 e. The average molecular weight is 270 g/mol. The van der Waals surface area contributed by atoms with E-state index in [9.17, 15) is 28.1 Å². The summed E-state index contributed by atoms with van der Waals surface area (Å²) in [6.07, 6.45) is -5.17. The van der Waals surface area contributed by atoms with Gasteiger partial charge in [-0.25, -0.2) is 4.98 Å². The molecule has 0 aliphatic carbocycles. The Morgan fingerprint density at radius 3 is 2.53 bits per heavy atom. The predicted octanol–water partition coefficient (Wildman–Crippen LogP) is 2.14. The predicted molar refractivity (Wildman–Crippen MR) is 50.6 cm³/mol. The Hall–Kier alpha value is -1.90. The number of amides is 1. The van der Waals surface area contributed by atoms with E-state index < -0.39 is 28.5 Å². The van der Waals surface area contributed by atoms with E-state index in [0.29, 0.717) is 0 Å². The number of aromatic nitrogens is 1. The summed E-state index contributed by atoms with van der Waals surface area (Å²) in [7, 11) is 0. The van der Waals surface area contributed by atoms with E-state index in [4.69, 9.17) is 11.6 Å². The molecule has 6 nitrogen and oxygen atoms in total. The summed E-state index contributed by atoms with van der Waals surface area (Å²) in [5.74, 6) is -3.22. The lowest BCUT2D eigenvalue weighted by Crippen LogP contribution is -2.30. The second kappa shape index (κ2) is 4.53. The van der Waals surface area contributed by atoms with E-state index in [-0.39, 0.29) is 5.15 Å². The lowest BCUT2D eigenvalue weighted by atomic mass is 10.4. The van der Waals surface area contributed by atoms with E-state index in [1.54, 1.807) is 0 Å². The second-order valence-electron chi connectivity index (χ2n) is 2.71. The molecule has 0 atom stereocenters. The number of pyridine rings is 1. The van der Waals surface area contributed by atoms with Gasteiger partial charge in [-0.05, 0) is 6.07 Å². The monoisotopic (exact) mass is 269 g/mol. The van der Waals surface area contributed by atoms with Gasteiger partial charge in [-0.15, -0.1) is 0 Å². The first-order valence-corrected chi connectivity index (χ1v) is 4.28. The fraction of sp³-hybridized carbons (Fsp3) is 0.143. The van der Waals surface area contributed by atoms with Crippen LogP contribution in [0.1, 0.15) is 0 Å². The Labute approximate surface area is 96.5 Å². The van der Waals surface area contributed by atoms with Crippen molar-refractivity contribution in [1.82, 2.24) is 4.98 Å². The molecular formula is C7H3ClF3N3O3. The molecule has 1 rings (SSSR count). The van der Waals surface area contributed by atoms with E-state index in [0.717, 1.165) is 12.1 Å². The molecule has 92 valence electrons. The van der Waals surface area contributed by atoms with Crippen molar-refractivity contribution in [2.45, 2.75) is 6.18 Å². The van der Waals surface area contributed by atoms with E-state index >= 15 is 0 Å². The summed E-state index contributed by atoms with van der Waals surface area (Å²) in [4.78, 5) is 23.3. The van der Waals surface area contributed by atoms with Crippen molar-refractivity contribution < 1.29 is 22.9 Å². The number of hydrogen-bond acceptors (Lipinski definition) is 4. The highest BCUT2D eigenvalue weighted by Crippen LogP contribution is 2.26. The molecule has 1 aromatic heterocycles. The normalized spacial score (nSPS) is 11.1. The van der Waals surface area contributed by atoms with Crippen LogP contribution in [0.5, 0.6) is 0 Å². The molecule has 0 bridgehead atoms. The molecule has 0 radical (unpaired) electrons. The van der Waals surface area contributed by atoms with Gasteiger partial charge < -0.3 is 0 Å². The first-order valence-electron chi connectivity index (χ1n) is 3.91. The van der Waals surface area contributed by atoms with Crippen LogP contribution in [-0.4, -0.2) is 22.0 Å². The topological polar surface area (TPSA) is 85.1 Å². The summed E-state index contributed by atoms with van der Waals surface area (Å²) in [6, 6.07) is 1.85. The van der Waals surface area contributed by atoms with Crippen LogP contribution in [0.4, 0.5) is 24.7 Å². The standard InChI is InChI=1S/C7H3ClF3N3O3/c8-4-2-1-3(14(16)17)5(12-4)13-6(15)7(9,10)11/h1-2H,(H,12,13,15). The Bertz CT molecular complexity index is 477. The van der Waals surface area contributed by atoms with Gasteiger partial charge in [0.2, 0.25) is 5.82 Å². The van der Waals surface area contributed by atoms with Gasteiger partial charge in [-0.2, -0.15) is 13.2 Å². The maximum atomic E-state index is 11.9. The zero-order chi connectivity index (χ0) is 13.2. The van der Waals surface area contributed by atoms with Crippen LogP contribution in [0.3, 0.4) is 0 Å². The minimum Gasteiger partial charge on any atom is -0.297 e. The summed E-state index contributed by atoms with van der Waals surface area (Å²) >= 11 is 5.35. The van der Waals surface area contributed by atoms with Gasteiger partial charge in [0.1, 0.15) is 5.15 Å². The van der Waals surface area contributed by atoms with Gasteiger partial charge in [0.05, 0.1) is 4.92 Å². The fourth-order valence-electron chi connectivity index (χ4n) is 0.846. The summed E-state index contributed by atoms with van der Waals surface area (Å²) in [5.41, 5.74) is -0.785. The number of nitrogens with zero attached hydrogens (tertiary/aromatic N) is 2. The van der Waals surface area contributed by atoms with Gasteiger partial charge in [0.25, 0.3) is 0 Å². The molecule has 1 N–H and O–H groups in total. The van der Waals surface area contributed by atoms with Crippen molar-refractivity contribution in [1.29, 1.82) is 0 Å². The van der Waals surface area contributed by atoms with Crippen LogP contribution in [0, 0.1) is 10.1 Å². The molecule has 0 aliphatic heterocycles. The molecule has 1 heterocycles. The Balaban J connectivity index is 3.09. The van der Waals surface area contributed by atoms with E-state index in [1.807, 2.05) is 0 Å². The number of carbonyl (C=O) groups excluding carboxylic acids is 1. The minimum absolute atomic E-state index is 0.284. The Morgan fingerprint density at radius 2 is 2.06 bits per heavy atom. The zero-order valence-corrected chi connectivity index (χ0v) is 8.54. The zero-order valence-electron chi connectivity index (χ0n) is 7.79. The van der Waals surface area contributed by atoms with Crippen LogP contribution in [-0.2, 0) is 4.79 Å². The van der Waals surface area contributed by atoms with Crippen LogP contribution >= 0.6 is 11.6 Å². The number of anilines is 1. The lowest BCUT2D eigenvalue weighted by molar-refractivity contribution is -0.384. The molecule has 10 heteroatoms. The molecule has 0 saturated carbocycles. The van der Waals surface area contributed by atoms with Crippen molar-refractivity contribution >= 4 is 29.0 Å². The quantitative estimate of drug-likeness (QED) is 0.506. The van der Waals surface area contributed by atoms with Crippen molar-refractivity contribution in [3.05, 3.63) is 27.4 Å². The maximum absolute atomic E-state index is 11.9. The molecule has 1 amide bonds. The molecule has 0 spiro atoms. The van der Waals surface area contributed by atoms with Crippen LogP contribution in [0.25, 0.3) is 0 Å². The highest BCUT2D eigenvalue weighted by molar-refractivity contribution is 6.29. The third kappa shape index (κ3) is 3.28. The van der Waals surface area contributed by atoms with Crippen LogP contribution in [0.2, 0.25) is 5.15 Å². The Morgan fingerprint density at radius 1 is 1.47 bits per heavy atom. The molecule has 17 heavy (non-hydrogen) atoms. The van der Waals surface area contributed by atoms with Crippen LogP contribution in [0.15, 0.2) is 12.1 Å². The molecule has 0 aliphatic rings. The number of nitro groups is 1. The molecule has 0 unspecified atom stereocenters. The van der Waals surface area contributed by atoms with Gasteiger partial charge in [-0.1, -0.05) is 11.6 Å². The number of hydrogen-bond donors (Lipinski definition) is 1. The molecule has 0 fully saturated rings. The smallest absolute Gasteiger partial charge is 0.297 e. The van der Waals surface area contributed by atoms with Crippen molar-refractivity contribution in [3.63, 3.8) is 0 Å². The Kier molecular flexibility index (Phi) is 3.51. The van der Waals surface area contributed by atoms with Gasteiger partial charge >= 0.3 is 17.8 Å². The molecule has 0 aromatic carbocycles. The summed E-state index contributed by atoms with van der Waals surface area (Å²) < 4.78 is 35.8. The third-order valence-electron chi connectivity index (χ3n) is 1.53. The van der Waals surface area contributed by atoms with E-state index in [2.05, 4.69) is 4.98 Å². The van der Waals surface area contributed by atoms with Crippen LogP contribution < -0.4 is 5.32 Å². The summed E-state index contributed by atoms with van der Waals surface area (Å²) in [6.45, 7) is 0. The van der Waals surface area contributed by atoms with Gasteiger partial charge in [-0.3, -0.25) is 20.2 Å². The lowest BCUT2D eigenvalue weighted by Gasteiger charge is -2.07. The highest BCUT2D eigenvalue weighted by atomic mass is 35.5. The molecule has 1 aromatic rings. The largest absolute Gasteiger partial charge is 0.471 e. The number of rotatable bonds is 2. The van der Waals surface area contributed by atoms with Crippen molar-refractivity contribution in [2.24, 2.45) is 0 Å². The number of halogens is 4. The summed E-state index contributed by atoms with van der Waals surface area (Å²) in [5, 5.41) is 11.4. The number of carbonyl (C=O) groups is 1. The molecular weight excluding hydrogens is 267 g/mol. The SMILES string of the molecule is O=C(Nc1nc(Cl)ccc1[N+](=O)[O-])C(F)(F)F. The second-order valence-corrected chi connectivity index (χ2v) is 3.10. The molecule has 0 saturated heterocycles. The highest BCUT2D eigenvalue weighted by Gasteiger charge is 2.40. The van der Waals surface area contributed by atoms with Crippen molar-refractivity contribution in [3.8, 4) is 0 Å². The first kappa shape index (κ1) is 13.2. The van der Waals surface area contributed by atoms with E-state index in [1.165, 1.54) is 5.32 Å².